The minimum absolute atomic E-state index is 0. The molecule has 132 valence electrons. The highest BCUT2D eigenvalue weighted by Gasteiger charge is 2.50. The maximum atomic E-state index is 13.2. The average molecular weight is 349 g/mol. The van der Waals surface area contributed by atoms with Crippen LogP contribution in [0.2, 0.25) is 0 Å². The lowest BCUT2D eigenvalue weighted by Gasteiger charge is -2.38. The minimum Gasteiger partial charge on any atom is -0.352 e. The van der Waals surface area contributed by atoms with Crippen LogP contribution in [0.1, 0.15) is 44.1 Å². The highest BCUT2D eigenvalue weighted by molar-refractivity contribution is 5.85. The van der Waals surface area contributed by atoms with E-state index in [-0.39, 0.29) is 17.8 Å². The van der Waals surface area contributed by atoms with Gasteiger partial charge in [-0.2, -0.15) is 0 Å². The summed E-state index contributed by atoms with van der Waals surface area (Å²) in [5.41, 5.74) is 1.22. The first-order valence-corrected chi connectivity index (χ1v) is 9.33. The molecule has 1 aromatic rings. The van der Waals surface area contributed by atoms with Crippen molar-refractivity contribution in [2.45, 2.75) is 51.0 Å². The third kappa shape index (κ3) is 3.48. The second-order valence-corrected chi connectivity index (χ2v) is 7.84. The maximum absolute atomic E-state index is 13.2. The molecule has 1 aromatic carbocycles. The number of amides is 1. The Morgan fingerprint density at radius 1 is 1.21 bits per heavy atom. The van der Waals surface area contributed by atoms with Crippen LogP contribution in [0.4, 0.5) is 0 Å². The molecule has 24 heavy (non-hydrogen) atoms. The van der Waals surface area contributed by atoms with E-state index >= 15 is 0 Å². The van der Waals surface area contributed by atoms with Gasteiger partial charge in [0.2, 0.25) is 5.91 Å². The van der Waals surface area contributed by atoms with E-state index in [0.29, 0.717) is 23.8 Å². The molecule has 4 heteroatoms. The Labute approximate surface area is 151 Å². The van der Waals surface area contributed by atoms with Crippen LogP contribution in [0.15, 0.2) is 30.3 Å². The molecule has 2 saturated carbocycles. The molecule has 3 atom stereocenters. The van der Waals surface area contributed by atoms with Gasteiger partial charge in [-0.05, 0) is 56.0 Å². The molecule has 2 aliphatic carbocycles. The van der Waals surface area contributed by atoms with Crippen LogP contribution in [0.5, 0.6) is 0 Å². The van der Waals surface area contributed by atoms with Gasteiger partial charge in [-0.15, -0.1) is 12.4 Å². The van der Waals surface area contributed by atoms with E-state index < -0.39 is 0 Å². The molecule has 1 unspecified atom stereocenters. The number of nitrogens with one attached hydrogen (secondary N) is 2. The summed E-state index contributed by atoms with van der Waals surface area (Å²) in [5, 5.41) is 6.97. The van der Waals surface area contributed by atoms with E-state index in [4.69, 9.17) is 0 Å². The van der Waals surface area contributed by atoms with Gasteiger partial charge in [0.1, 0.15) is 0 Å². The van der Waals surface area contributed by atoms with E-state index in [0.717, 1.165) is 25.9 Å². The van der Waals surface area contributed by atoms with Crippen LogP contribution >= 0.6 is 12.4 Å². The normalized spacial score (nSPS) is 30.1. The van der Waals surface area contributed by atoms with Crippen molar-refractivity contribution in [2.75, 3.05) is 13.1 Å². The van der Waals surface area contributed by atoms with E-state index in [1.165, 1.54) is 37.7 Å². The second kappa shape index (κ2) is 7.45. The molecule has 4 rings (SSSR count). The Hall–Kier alpha value is -1.06. The van der Waals surface area contributed by atoms with E-state index in [1.807, 2.05) is 0 Å². The van der Waals surface area contributed by atoms with Crippen molar-refractivity contribution >= 4 is 18.3 Å². The van der Waals surface area contributed by atoms with Gasteiger partial charge >= 0.3 is 0 Å². The van der Waals surface area contributed by atoms with Gasteiger partial charge in [0, 0.05) is 12.6 Å². The molecule has 1 saturated heterocycles. The van der Waals surface area contributed by atoms with Crippen LogP contribution in [0.25, 0.3) is 0 Å². The summed E-state index contributed by atoms with van der Waals surface area (Å²) in [7, 11) is 0. The molecular weight excluding hydrogens is 320 g/mol. The Morgan fingerprint density at radius 3 is 2.75 bits per heavy atom. The highest BCUT2D eigenvalue weighted by atomic mass is 35.5. The van der Waals surface area contributed by atoms with Gasteiger partial charge in [-0.25, -0.2) is 0 Å². The van der Waals surface area contributed by atoms with Gasteiger partial charge in [0.25, 0.3) is 0 Å². The standard InChI is InChI=1S/C20H28N2O.ClH/c23-19(20-11-5-4-8-17(20)13-21-14-20)22-18(16-9-10-16)12-15-6-2-1-3-7-15;/h1-3,6-7,16-18,21H,4-5,8-14H2,(H,22,23);1H/t17-,18?,20+;/m0./s1. The molecule has 3 aliphatic rings. The van der Waals surface area contributed by atoms with Crippen molar-refractivity contribution in [1.29, 1.82) is 0 Å². The summed E-state index contributed by atoms with van der Waals surface area (Å²) in [5.74, 6) is 1.57. The molecule has 2 N–H and O–H groups in total. The molecule has 1 heterocycles. The monoisotopic (exact) mass is 348 g/mol. The predicted octanol–water partition coefficient (Wildman–Crippen LogP) is 3.33. The molecule has 0 bridgehead atoms. The summed E-state index contributed by atoms with van der Waals surface area (Å²) < 4.78 is 0. The van der Waals surface area contributed by atoms with E-state index in [9.17, 15) is 4.79 Å². The van der Waals surface area contributed by atoms with Crippen molar-refractivity contribution in [3.05, 3.63) is 35.9 Å². The Kier molecular flexibility index (Phi) is 5.51. The number of benzene rings is 1. The summed E-state index contributed by atoms with van der Waals surface area (Å²) >= 11 is 0. The summed E-state index contributed by atoms with van der Waals surface area (Å²) in [6.45, 7) is 1.91. The average Bonchev–Trinajstić information content (AvgIpc) is 3.33. The number of hydrogen-bond acceptors (Lipinski definition) is 2. The second-order valence-electron chi connectivity index (χ2n) is 7.84. The summed E-state index contributed by atoms with van der Waals surface area (Å²) in [6.07, 6.45) is 8.30. The molecule has 1 aliphatic heterocycles. The Bertz CT molecular complexity index is 560. The van der Waals surface area contributed by atoms with Crippen LogP contribution < -0.4 is 10.6 Å². The fourth-order valence-corrected chi connectivity index (χ4v) is 4.70. The van der Waals surface area contributed by atoms with Crippen LogP contribution in [0, 0.1) is 17.3 Å². The van der Waals surface area contributed by atoms with E-state index in [1.54, 1.807) is 0 Å². The van der Waals surface area contributed by atoms with Crippen molar-refractivity contribution in [2.24, 2.45) is 17.3 Å². The molecular formula is C20H29ClN2O. The topological polar surface area (TPSA) is 41.1 Å². The predicted molar refractivity (Wildman–Crippen MR) is 99.3 cm³/mol. The quantitative estimate of drug-likeness (QED) is 0.857. The smallest absolute Gasteiger partial charge is 0.228 e. The first-order valence-electron chi connectivity index (χ1n) is 9.33. The largest absolute Gasteiger partial charge is 0.352 e. The SMILES string of the molecule is Cl.O=C(NC(Cc1ccccc1)C1CC1)[C@@]12CCCC[C@H]1CNC2. The van der Waals surface area contributed by atoms with Crippen molar-refractivity contribution < 1.29 is 4.79 Å². The molecule has 0 aromatic heterocycles. The van der Waals surface area contributed by atoms with Gasteiger partial charge in [-0.3, -0.25) is 4.79 Å². The maximum Gasteiger partial charge on any atom is 0.228 e. The lowest BCUT2D eigenvalue weighted by Crippen LogP contribution is -2.51. The number of fused-ring (bicyclic) bond motifs is 1. The van der Waals surface area contributed by atoms with Crippen molar-refractivity contribution in [3.63, 3.8) is 0 Å². The zero-order chi connectivity index (χ0) is 15.7. The molecule has 0 radical (unpaired) electrons. The molecule has 1 amide bonds. The fraction of sp³-hybridized carbons (Fsp3) is 0.650. The molecule has 3 nitrogen and oxygen atoms in total. The third-order valence-corrected chi connectivity index (χ3v) is 6.30. The highest BCUT2D eigenvalue weighted by Crippen LogP contribution is 2.44. The third-order valence-electron chi connectivity index (χ3n) is 6.30. The van der Waals surface area contributed by atoms with Crippen molar-refractivity contribution in [1.82, 2.24) is 10.6 Å². The van der Waals surface area contributed by atoms with Gasteiger partial charge in [0.05, 0.1) is 5.41 Å². The van der Waals surface area contributed by atoms with Crippen molar-refractivity contribution in [3.8, 4) is 0 Å². The summed E-state index contributed by atoms with van der Waals surface area (Å²) in [6, 6.07) is 10.9. The number of carbonyl (C=O) groups excluding carboxylic acids is 1. The number of carbonyl (C=O) groups is 1. The fourth-order valence-electron chi connectivity index (χ4n) is 4.70. The molecule has 0 spiro atoms. The zero-order valence-corrected chi connectivity index (χ0v) is 15.1. The van der Waals surface area contributed by atoms with E-state index in [2.05, 4.69) is 41.0 Å². The number of rotatable bonds is 5. The van der Waals surface area contributed by atoms with Crippen LogP contribution in [-0.4, -0.2) is 25.0 Å². The lowest BCUT2D eigenvalue weighted by atomic mass is 9.67. The van der Waals surface area contributed by atoms with Gasteiger partial charge in [-0.1, -0.05) is 43.2 Å². The van der Waals surface area contributed by atoms with Crippen LogP contribution in [0.3, 0.4) is 0 Å². The Balaban J connectivity index is 0.00000169. The first-order chi connectivity index (χ1) is 11.3. The van der Waals surface area contributed by atoms with Crippen LogP contribution in [-0.2, 0) is 11.2 Å². The van der Waals surface area contributed by atoms with Gasteiger partial charge in [0.15, 0.2) is 0 Å². The zero-order valence-electron chi connectivity index (χ0n) is 14.3. The minimum atomic E-state index is -0.123. The summed E-state index contributed by atoms with van der Waals surface area (Å²) in [4.78, 5) is 13.2. The number of hydrogen-bond donors (Lipinski definition) is 2. The Morgan fingerprint density at radius 2 is 2.00 bits per heavy atom. The number of halogens is 1. The lowest BCUT2D eigenvalue weighted by molar-refractivity contribution is -0.135. The molecule has 3 fully saturated rings. The first kappa shape index (κ1) is 17.8. The van der Waals surface area contributed by atoms with Gasteiger partial charge < -0.3 is 10.6 Å².